The van der Waals surface area contributed by atoms with Gasteiger partial charge in [-0.3, -0.25) is 9.69 Å². The van der Waals surface area contributed by atoms with Crippen LogP contribution in [-0.4, -0.2) is 60.4 Å². The standard InChI is InChI=1S/C16H25N3OS/c1-13(21-3)16(20)17-15-6-4-14(5-7-15)12-19-10-8-18(2)9-11-19/h4-7,13H,8-12H2,1-3H3,(H,17,20)/t13-/m1/s1. The second-order valence-corrected chi connectivity index (χ2v) is 6.82. The SMILES string of the molecule is CS[C@H](C)C(=O)Nc1ccc(CN2CCN(C)CC2)cc1. The van der Waals surface area contributed by atoms with Crippen LogP contribution in [0.15, 0.2) is 24.3 Å². The van der Waals surface area contributed by atoms with E-state index in [0.717, 1.165) is 38.4 Å². The van der Waals surface area contributed by atoms with Gasteiger partial charge in [-0.2, -0.15) is 11.8 Å². The lowest BCUT2D eigenvalue weighted by molar-refractivity contribution is -0.115. The monoisotopic (exact) mass is 307 g/mol. The van der Waals surface area contributed by atoms with E-state index in [-0.39, 0.29) is 11.2 Å². The quantitative estimate of drug-likeness (QED) is 0.904. The molecule has 1 N–H and O–H groups in total. The zero-order valence-corrected chi connectivity index (χ0v) is 13.9. The van der Waals surface area contributed by atoms with E-state index in [1.54, 1.807) is 11.8 Å². The lowest BCUT2D eigenvalue weighted by Gasteiger charge is -2.32. The van der Waals surface area contributed by atoms with E-state index in [2.05, 4.69) is 34.3 Å². The van der Waals surface area contributed by atoms with Crippen molar-refractivity contribution in [3.63, 3.8) is 0 Å². The van der Waals surface area contributed by atoms with Crippen molar-refractivity contribution in [2.45, 2.75) is 18.7 Å². The van der Waals surface area contributed by atoms with Crippen molar-refractivity contribution in [1.29, 1.82) is 0 Å². The Kier molecular flexibility index (Phi) is 6.08. The molecule has 1 aromatic rings. The molecular formula is C16H25N3OS. The Morgan fingerprint density at radius 2 is 1.86 bits per heavy atom. The molecule has 2 rings (SSSR count). The smallest absolute Gasteiger partial charge is 0.237 e. The van der Waals surface area contributed by atoms with Crippen LogP contribution in [-0.2, 0) is 11.3 Å². The molecule has 4 nitrogen and oxygen atoms in total. The number of thioether (sulfide) groups is 1. The number of likely N-dealkylation sites (N-methyl/N-ethyl adjacent to an activating group) is 1. The number of rotatable bonds is 5. The van der Waals surface area contributed by atoms with E-state index in [0.29, 0.717) is 0 Å². The largest absolute Gasteiger partial charge is 0.325 e. The first-order valence-corrected chi connectivity index (χ1v) is 8.71. The average molecular weight is 307 g/mol. The average Bonchev–Trinajstić information content (AvgIpc) is 2.50. The molecule has 0 radical (unpaired) electrons. The normalized spacial score (nSPS) is 18.4. The molecule has 1 heterocycles. The molecule has 1 fully saturated rings. The highest BCUT2D eigenvalue weighted by atomic mass is 32.2. The Morgan fingerprint density at radius 1 is 1.24 bits per heavy atom. The van der Waals surface area contributed by atoms with Crippen molar-refractivity contribution >= 4 is 23.4 Å². The van der Waals surface area contributed by atoms with Gasteiger partial charge in [0.1, 0.15) is 0 Å². The summed E-state index contributed by atoms with van der Waals surface area (Å²) in [5, 5.41) is 2.93. The molecule has 1 aromatic carbocycles. The molecule has 1 atom stereocenters. The number of hydrogen-bond acceptors (Lipinski definition) is 4. The molecule has 0 unspecified atom stereocenters. The van der Waals surface area contributed by atoms with Crippen LogP contribution in [0.4, 0.5) is 5.69 Å². The van der Waals surface area contributed by atoms with Crippen LogP contribution in [0.1, 0.15) is 12.5 Å². The lowest BCUT2D eigenvalue weighted by atomic mass is 10.1. The number of piperazine rings is 1. The Bertz CT molecular complexity index is 455. The molecule has 0 aliphatic carbocycles. The molecule has 0 bridgehead atoms. The maximum Gasteiger partial charge on any atom is 0.237 e. The van der Waals surface area contributed by atoms with E-state index in [4.69, 9.17) is 0 Å². The summed E-state index contributed by atoms with van der Waals surface area (Å²) in [5.74, 6) is 0.0642. The van der Waals surface area contributed by atoms with E-state index in [1.807, 2.05) is 25.3 Å². The Morgan fingerprint density at radius 3 is 2.43 bits per heavy atom. The van der Waals surface area contributed by atoms with E-state index < -0.39 is 0 Å². The maximum absolute atomic E-state index is 11.8. The van der Waals surface area contributed by atoms with Crippen LogP contribution >= 0.6 is 11.8 Å². The third-order valence-corrected chi connectivity index (χ3v) is 4.87. The summed E-state index contributed by atoms with van der Waals surface area (Å²) in [7, 11) is 2.17. The number of hydrogen-bond donors (Lipinski definition) is 1. The van der Waals surface area contributed by atoms with Crippen LogP contribution in [0.25, 0.3) is 0 Å². The van der Waals surface area contributed by atoms with Gasteiger partial charge in [-0.25, -0.2) is 0 Å². The van der Waals surface area contributed by atoms with Gasteiger partial charge in [-0.05, 0) is 37.9 Å². The minimum Gasteiger partial charge on any atom is -0.325 e. The third kappa shape index (κ3) is 5.02. The van der Waals surface area contributed by atoms with E-state index >= 15 is 0 Å². The van der Waals surface area contributed by atoms with Crippen LogP contribution < -0.4 is 5.32 Å². The van der Waals surface area contributed by atoms with Gasteiger partial charge in [0.15, 0.2) is 0 Å². The Balaban J connectivity index is 1.85. The summed E-state index contributed by atoms with van der Waals surface area (Å²) in [4.78, 5) is 16.7. The summed E-state index contributed by atoms with van der Waals surface area (Å²) in [6.07, 6.45) is 1.95. The summed E-state index contributed by atoms with van der Waals surface area (Å²) in [6, 6.07) is 8.21. The highest BCUT2D eigenvalue weighted by molar-refractivity contribution is 7.99. The van der Waals surface area contributed by atoms with Crippen molar-refractivity contribution in [1.82, 2.24) is 9.80 Å². The molecule has 0 saturated carbocycles. The number of carbonyl (C=O) groups excluding carboxylic acids is 1. The third-order valence-electron chi connectivity index (χ3n) is 3.95. The van der Waals surface area contributed by atoms with Crippen LogP contribution in [0.3, 0.4) is 0 Å². The summed E-state index contributed by atoms with van der Waals surface area (Å²) >= 11 is 1.56. The van der Waals surface area contributed by atoms with Crippen LogP contribution in [0.2, 0.25) is 0 Å². The molecule has 1 amide bonds. The number of carbonyl (C=O) groups is 1. The van der Waals surface area contributed by atoms with Gasteiger partial charge >= 0.3 is 0 Å². The predicted octanol–water partition coefficient (Wildman–Crippen LogP) is 2.12. The molecule has 5 heteroatoms. The van der Waals surface area contributed by atoms with Gasteiger partial charge in [0.25, 0.3) is 0 Å². The van der Waals surface area contributed by atoms with Crippen molar-refractivity contribution in [3.05, 3.63) is 29.8 Å². The molecule has 1 saturated heterocycles. The first-order chi connectivity index (χ1) is 10.1. The van der Waals surface area contributed by atoms with Crippen molar-refractivity contribution < 1.29 is 4.79 Å². The minimum atomic E-state index is -0.0185. The van der Waals surface area contributed by atoms with Crippen molar-refractivity contribution in [2.75, 3.05) is 44.8 Å². The number of nitrogens with zero attached hydrogens (tertiary/aromatic N) is 2. The summed E-state index contributed by atoms with van der Waals surface area (Å²) < 4.78 is 0. The molecule has 1 aliphatic heterocycles. The zero-order chi connectivity index (χ0) is 15.2. The minimum absolute atomic E-state index is 0.0185. The topological polar surface area (TPSA) is 35.6 Å². The maximum atomic E-state index is 11.8. The van der Waals surface area contributed by atoms with Gasteiger partial charge in [-0.15, -0.1) is 0 Å². The Hall–Kier alpha value is -1.04. The van der Waals surface area contributed by atoms with Crippen molar-refractivity contribution in [3.8, 4) is 0 Å². The van der Waals surface area contributed by atoms with Crippen molar-refractivity contribution in [2.24, 2.45) is 0 Å². The zero-order valence-electron chi connectivity index (χ0n) is 13.1. The molecule has 0 aromatic heterocycles. The van der Waals surface area contributed by atoms with Gasteiger partial charge in [0.05, 0.1) is 5.25 Å². The number of amides is 1. The fraction of sp³-hybridized carbons (Fsp3) is 0.562. The second-order valence-electron chi connectivity index (χ2n) is 5.64. The van der Waals surface area contributed by atoms with Gasteiger partial charge in [0, 0.05) is 38.4 Å². The van der Waals surface area contributed by atoms with Crippen LogP contribution in [0, 0.1) is 0 Å². The summed E-state index contributed by atoms with van der Waals surface area (Å²) in [5.41, 5.74) is 2.18. The van der Waals surface area contributed by atoms with Gasteiger partial charge in [-0.1, -0.05) is 12.1 Å². The number of nitrogens with one attached hydrogen (secondary N) is 1. The number of benzene rings is 1. The Labute approximate surface area is 131 Å². The highest BCUT2D eigenvalue weighted by Gasteiger charge is 2.14. The summed E-state index contributed by atoms with van der Waals surface area (Å²) in [6.45, 7) is 7.44. The molecule has 116 valence electrons. The highest BCUT2D eigenvalue weighted by Crippen LogP contribution is 2.14. The predicted molar refractivity (Wildman–Crippen MR) is 90.8 cm³/mol. The van der Waals surface area contributed by atoms with Gasteiger partial charge < -0.3 is 10.2 Å². The fourth-order valence-electron chi connectivity index (χ4n) is 2.31. The van der Waals surface area contributed by atoms with Crippen LogP contribution in [0.5, 0.6) is 0 Å². The molecule has 1 aliphatic rings. The second kappa shape index (κ2) is 7.82. The lowest BCUT2D eigenvalue weighted by Crippen LogP contribution is -2.43. The molecule has 0 spiro atoms. The first-order valence-electron chi connectivity index (χ1n) is 7.42. The molecule has 21 heavy (non-hydrogen) atoms. The van der Waals surface area contributed by atoms with Gasteiger partial charge in [0.2, 0.25) is 5.91 Å². The first kappa shape index (κ1) is 16.3. The number of anilines is 1. The van der Waals surface area contributed by atoms with E-state index in [1.165, 1.54) is 5.56 Å². The molecular weight excluding hydrogens is 282 g/mol. The van der Waals surface area contributed by atoms with E-state index in [9.17, 15) is 4.79 Å². The fourth-order valence-corrected chi connectivity index (χ4v) is 2.58.